The van der Waals surface area contributed by atoms with Crippen LogP contribution in [0.2, 0.25) is 0 Å². The molecule has 0 amide bonds. The van der Waals surface area contributed by atoms with Gasteiger partial charge in [-0.05, 0) is 34.5 Å². The summed E-state index contributed by atoms with van der Waals surface area (Å²) in [5, 5.41) is 11.9. The molecule has 2 aromatic rings. The number of ether oxygens (including phenoxy) is 1. The van der Waals surface area contributed by atoms with Crippen LogP contribution in [0.25, 0.3) is 11.8 Å². The lowest BCUT2D eigenvalue weighted by atomic mass is 10.1. The first-order valence-corrected chi connectivity index (χ1v) is 7.35. The van der Waals surface area contributed by atoms with E-state index < -0.39 is 0 Å². The molecular weight excluding hydrogens is 266 g/mol. The molecule has 0 aliphatic carbocycles. The number of nitrogens with zero attached hydrogens (tertiary/aromatic N) is 4. The lowest BCUT2D eigenvalue weighted by Crippen LogP contribution is -3.09. The summed E-state index contributed by atoms with van der Waals surface area (Å²) in [6, 6.07) is 8.32. The number of hydrogen-bond acceptors (Lipinski definition) is 4. The van der Waals surface area contributed by atoms with Crippen molar-refractivity contribution in [2.45, 2.75) is 13.3 Å². The van der Waals surface area contributed by atoms with Crippen LogP contribution in [-0.4, -0.2) is 46.5 Å². The van der Waals surface area contributed by atoms with E-state index in [2.05, 4.69) is 40.8 Å². The lowest BCUT2D eigenvalue weighted by Gasteiger charge is -2.19. The second-order valence-corrected chi connectivity index (χ2v) is 5.07. The van der Waals surface area contributed by atoms with Crippen molar-refractivity contribution in [3.63, 3.8) is 0 Å². The van der Waals surface area contributed by atoms with Crippen molar-refractivity contribution in [2.75, 3.05) is 26.3 Å². The maximum absolute atomic E-state index is 5.35. The molecule has 2 heterocycles. The zero-order valence-corrected chi connectivity index (χ0v) is 12.2. The van der Waals surface area contributed by atoms with Gasteiger partial charge in [0.2, 0.25) is 0 Å². The molecule has 0 bridgehead atoms. The molecule has 1 aliphatic heterocycles. The second-order valence-electron chi connectivity index (χ2n) is 5.07. The Bertz CT molecular complexity index is 599. The number of benzene rings is 1. The molecule has 1 aromatic carbocycles. The van der Waals surface area contributed by atoms with E-state index >= 15 is 0 Å². The van der Waals surface area contributed by atoms with E-state index in [1.165, 1.54) is 10.5 Å². The van der Waals surface area contributed by atoms with Crippen LogP contribution < -0.4 is 4.90 Å². The SMILES string of the molecule is CCc1ccc(-n2nnnc2/C=C/[NH+]2CCOCC2)cc1. The maximum atomic E-state index is 5.35. The van der Waals surface area contributed by atoms with E-state index in [-0.39, 0.29) is 0 Å². The molecule has 1 aliphatic rings. The van der Waals surface area contributed by atoms with Crippen LogP contribution in [0.1, 0.15) is 18.3 Å². The third kappa shape index (κ3) is 3.34. The van der Waals surface area contributed by atoms with Gasteiger partial charge in [0.15, 0.2) is 5.82 Å². The van der Waals surface area contributed by atoms with Gasteiger partial charge in [0.05, 0.1) is 25.1 Å². The monoisotopic (exact) mass is 286 g/mol. The zero-order chi connectivity index (χ0) is 14.5. The average molecular weight is 286 g/mol. The number of morpholine rings is 1. The highest BCUT2D eigenvalue weighted by Gasteiger charge is 2.12. The minimum atomic E-state index is 0.748. The normalized spacial score (nSPS) is 16.6. The smallest absolute Gasteiger partial charge is 0.185 e. The van der Waals surface area contributed by atoms with Crippen molar-refractivity contribution in [1.29, 1.82) is 0 Å². The van der Waals surface area contributed by atoms with Crippen LogP contribution in [0.3, 0.4) is 0 Å². The minimum absolute atomic E-state index is 0.748. The Morgan fingerprint density at radius 2 is 2.00 bits per heavy atom. The van der Waals surface area contributed by atoms with Gasteiger partial charge in [-0.15, -0.1) is 5.10 Å². The molecule has 6 nitrogen and oxygen atoms in total. The Morgan fingerprint density at radius 1 is 1.24 bits per heavy atom. The van der Waals surface area contributed by atoms with Crippen molar-refractivity contribution < 1.29 is 9.64 Å². The summed E-state index contributed by atoms with van der Waals surface area (Å²) in [6.07, 6.45) is 5.13. The Balaban J connectivity index is 1.77. The van der Waals surface area contributed by atoms with E-state index in [0.717, 1.165) is 44.2 Å². The standard InChI is InChI=1S/C15H19N5O/c1-2-13-3-5-14(6-4-13)20-15(16-17-18-20)7-8-19-9-11-21-12-10-19/h3-8H,2,9-12H2,1H3/p+1/b8-7+. The first-order valence-electron chi connectivity index (χ1n) is 7.35. The number of aromatic nitrogens is 4. The molecule has 0 spiro atoms. The van der Waals surface area contributed by atoms with Crippen LogP contribution in [0, 0.1) is 0 Å². The maximum Gasteiger partial charge on any atom is 0.185 e. The number of nitrogens with one attached hydrogen (secondary N) is 1. The third-order valence-corrected chi connectivity index (χ3v) is 3.69. The first kappa shape index (κ1) is 13.9. The van der Waals surface area contributed by atoms with Crippen molar-refractivity contribution in [1.82, 2.24) is 20.2 Å². The first-order chi connectivity index (χ1) is 10.4. The third-order valence-electron chi connectivity index (χ3n) is 3.69. The highest BCUT2D eigenvalue weighted by Crippen LogP contribution is 2.10. The fourth-order valence-corrected chi connectivity index (χ4v) is 2.35. The summed E-state index contributed by atoms with van der Waals surface area (Å²) in [6.45, 7) is 5.74. The van der Waals surface area contributed by atoms with Crippen LogP contribution in [0.4, 0.5) is 0 Å². The fourth-order valence-electron chi connectivity index (χ4n) is 2.35. The number of rotatable bonds is 4. The number of quaternary nitrogens is 1. The Morgan fingerprint density at radius 3 is 2.71 bits per heavy atom. The van der Waals surface area contributed by atoms with Gasteiger partial charge < -0.3 is 9.64 Å². The van der Waals surface area contributed by atoms with E-state index in [9.17, 15) is 0 Å². The molecule has 1 N–H and O–H groups in total. The highest BCUT2D eigenvalue weighted by atomic mass is 16.5. The molecule has 0 radical (unpaired) electrons. The van der Waals surface area contributed by atoms with E-state index in [1.54, 1.807) is 4.68 Å². The number of tetrazole rings is 1. The summed E-state index contributed by atoms with van der Waals surface area (Å²) in [4.78, 5) is 1.39. The molecule has 21 heavy (non-hydrogen) atoms. The van der Waals surface area contributed by atoms with Gasteiger partial charge in [-0.25, -0.2) is 0 Å². The second kappa shape index (κ2) is 6.60. The van der Waals surface area contributed by atoms with Gasteiger partial charge in [0.1, 0.15) is 13.1 Å². The predicted octanol–water partition coefficient (Wildman–Crippen LogP) is 0.111. The van der Waals surface area contributed by atoms with Gasteiger partial charge >= 0.3 is 0 Å². The molecule has 0 atom stereocenters. The van der Waals surface area contributed by atoms with Crippen molar-refractivity contribution in [2.24, 2.45) is 0 Å². The van der Waals surface area contributed by atoms with Gasteiger partial charge in [-0.3, -0.25) is 0 Å². The molecular formula is C15H20N5O+. The van der Waals surface area contributed by atoms with Crippen molar-refractivity contribution in [3.8, 4) is 5.69 Å². The van der Waals surface area contributed by atoms with Gasteiger partial charge in [0.25, 0.3) is 0 Å². The average Bonchev–Trinajstić information content (AvgIpc) is 3.02. The summed E-state index contributed by atoms with van der Waals surface area (Å²) >= 11 is 0. The fraction of sp³-hybridized carbons (Fsp3) is 0.400. The van der Waals surface area contributed by atoms with Gasteiger partial charge in [-0.2, -0.15) is 4.68 Å². The lowest BCUT2D eigenvalue weighted by molar-refractivity contribution is -0.855. The summed E-state index contributed by atoms with van der Waals surface area (Å²) < 4.78 is 7.11. The highest BCUT2D eigenvalue weighted by molar-refractivity contribution is 5.43. The van der Waals surface area contributed by atoms with E-state index in [4.69, 9.17) is 4.74 Å². The van der Waals surface area contributed by atoms with Crippen LogP contribution >= 0.6 is 0 Å². The van der Waals surface area contributed by atoms with Crippen LogP contribution in [0.5, 0.6) is 0 Å². The van der Waals surface area contributed by atoms with Crippen LogP contribution in [0.15, 0.2) is 30.5 Å². The summed E-state index contributed by atoms with van der Waals surface area (Å²) in [5.74, 6) is 0.748. The Hall–Kier alpha value is -2.05. The topological polar surface area (TPSA) is 57.3 Å². The molecule has 3 rings (SSSR count). The zero-order valence-electron chi connectivity index (χ0n) is 12.2. The van der Waals surface area contributed by atoms with E-state index in [0.29, 0.717) is 0 Å². The molecule has 1 saturated heterocycles. The number of hydrogen-bond donors (Lipinski definition) is 1. The summed E-state index contributed by atoms with van der Waals surface area (Å²) in [7, 11) is 0. The predicted molar refractivity (Wildman–Crippen MR) is 79.1 cm³/mol. The molecule has 0 saturated carbocycles. The molecule has 1 fully saturated rings. The van der Waals surface area contributed by atoms with Gasteiger partial charge in [0, 0.05) is 6.08 Å². The quantitative estimate of drug-likeness (QED) is 0.867. The molecule has 1 aromatic heterocycles. The van der Waals surface area contributed by atoms with Gasteiger partial charge in [-0.1, -0.05) is 19.1 Å². The Labute approximate surface area is 124 Å². The van der Waals surface area contributed by atoms with Crippen LogP contribution in [-0.2, 0) is 11.2 Å². The molecule has 6 heteroatoms. The largest absolute Gasteiger partial charge is 0.370 e. The summed E-state index contributed by atoms with van der Waals surface area (Å²) in [5.41, 5.74) is 2.29. The van der Waals surface area contributed by atoms with Crippen molar-refractivity contribution in [3.05, 3.63) is 41.9 Å². The number of aryl methyl sites for hydroxylation is 1. The van der Waals surface area contributed by atoms with Crippen molar-refractivity contribution >= 4 is 6.08 Å². The molecule has 0 unspecified atom stereocenters. The van der Waals surface area contributed by atoms with E-state index in [1.807, 2.05) is 18.2 Å². The molecule has 110 valence electrons. The minimum Gasteiger partial charge on any atom is -0.370 e. The Kier molecular flexibility index (Phi) is 4.37.